The number of nitrogens with one attached hydrogen (secondary N) is 2. The lowest BCUT2D eigenvalue weighted by Crippen LogP contribution is -2.17. The predicted molar refractivity (Wildman–Crippen MR) is 106 cm³/mol. The van der Waals surface area contributed by atoms with Crippen LogP contribution in [0.25, 0.3) is 0 Å². The number of aryl methyl sites for hydroxylation is 2. The number of ether oxygens (including phenoxy) is 1. The Morgan fingerprint density at radius 2 is 1.96 bits per heavy atom. The summed E-state index contributed by atoms with van der Waals surface area (Å²) in [7, 11) is 1.74. The lowest BCUT2D eigenvalue weighted by Gasteiger charge is -2.12. The van der Waals surface area contributed by atoms with Gasteiger partial charge in [-0.2, -0.15) is 0 Å². The monoisotopic (exact) mass is 379 g/mol. The first-order chi connectivity index (χ1) is 13.5. The minimum Gasteiger partial charge on any atom is -0.494 e. The van der Waals surface area contributed by atoms with Crippen LogP contribution in [0, 0.1) is 6.92 Å². The van der Waals surface area contributed by atoms with Crippen LogP contribution in [0.3, 0.4) is 0 Å². The van der Waals surface area contributed by atoms with E-state index < -0.39 is 0 Å². The van der Waals surface area contributed by atoms with Crippen molar-refractivity contribution in [1.29, 1.82) is 0 Å². The fraction of sp³-hybridized carbons (Fsp3) is 0.200. The Bertz CT molecular complexity index is 1010. The molecule has 0 fully saturated rings. The average molecular weight is 379 g/mol. The van der Waals surface area contributed by atoms with Gasteiger partial charge in [0.25, 0.3) is 11.8 Å². The number of anilines is 2. The van der Waals surface area contributed by atoms with Gasteiger partial charge in [0.1, 0.15) is 17.1 Å². The predicted octanol–water partition coefficient (Wildman–Crippen LogP) is 3.03. The molecule has 8 nitrogen and oxygen atoms in total. The SMILES string of the molecule is CCOc1ccnc(C(=O)Nc2ccc(C)c(NC(=O)c3cncn3C)c2)c1. The number of hydrogen-bond acceptors (Lipinski definition) is 5. The molecule has 3 aromatic rings. The van der Waals surface area contributed by atoms with Crippen molar-refractivity contribution in [3.8, 4) is 5.75 Å². The van der Waals surface area contributed by atoms with Gasteiger partial charge in [0, 0.05) is 30.7 Å². The molecule has 2 amide bonds. The van der Waals surface area contributed by atoms with Gasteiger partial charge >= 0.3 is 0 Å². The van der Waals surface area contributed by atoms with Crippen LogP contribution in [0.2, 0.25) is 0 Å². The smallest absolute Gasteiger partial charge is 0.274 e. The van der Waals surface area contributed by atoms with E-state index in [9.17, 15) is 9.59 Å². The number of hydrogen-bond donors (Lipinski definition) is 2. The van der Waals surface area contributed by atoms with Gasteiger partial charge in [-0.25, -0.2) is 4.98 Å². The summed E-state index contributed by atoms with van der Waals surface area (Å²) in [5.41, 5.74) is 2.68. The van der Waals surface area contributed by atoms with Gasteiger partial charge in [-0.15, -0.1) is 0 Å². The summed E-state index contributed by atoms with van der Waals surface area (Å²) in [6.45, 7) is 4.24. The average Bonchev–Trinajstić information content (AvgIpc) is 3.11. The third-order valence-electron chi connectivity index (χ3n) is 4.07. The van der Waals surface area contributed by atoms with Gasteiger partial charge in [0.15, 0.2) is 0 Å². The number of nitrogens with zero attached hydrogens (tertiary/aromatic N) is 3. The lowest BCUT2D eigenvalue weighted by atomic mass is 10.1. The first-order valence-corrected chi connectivity index (χ1v) is 8.76. The van der Waals surface area contributed by atoms with Gasteiger partial charge < -0.3 is 19.9 Å². The van der Waals surface area contributed by atoms with Crippen molar-refractivity contribution in [3.63, 3.8) is 0 Å². The Morgan fingerprint density at radius 3 is 2.68 bits per heavy atom. The van der Waals surface area contributed by atoms with Crippen LogP contribution < -0.4 is 15.4 Å². The van der Waals surface area contributed by atoms with E-state index in [1.807, 2.05) is 19.9 Å². The van der Waals surface area contributed by atoms with Crippen molar-refractivity contribution in [2.24, 2.45) is 7.05 Å². The molecule has 0 spiro atoms. The number of aromatic nitrogens is 3. The molecule has 144 valence electrons. The third-order valence-corrected chi connectivity index (χ3v) is 4.07. The number of carbonyl (C=O) groups is 2. The van der Waals surface area contributed by atoms with E-state index in [1.165, 1.54) is 12.4 Å². The molecule has 0 bridgehead atoms. The molecule has 0 radical (unpaired) electrons. The molecule has 2 heterocycles. The van der Waals surface area contributed by atoms with Gasteiger partial charge in [0.2, 0.25) is 0 Å². The molecule has 0 saturated heterocycles. The van der Waals surface area contributed by atoms with Crippen LogP contribution in [-0.4, -0.2) is 33.0 Å². The Hall–Kier alpha value is -3.68. The maximum atomic E-state index is 12.5. The third kappa shape index (κ3) is 4.35. The highest BCUT2D eigenvalue weighted by Gasteiger charge is 2.13. The summed E-state index contributed by atoms with van der Waals surface area (Å²) in [4.78, 5) is 32.9. The summed E-state index contributed by atoms with van der Waals surface area (Å²) < 4.78 is 7.03. The molecule has 28 heavy (non-hydrogen) atoms. The van der Waals surface area contributed by atoms with Crippen LogP contribution in [-0.2, 0) is 7.05 Å². The molecule has 0 aliphatic heterocycles. The van der Waals surface area contributed by atoms with Gasteiger partial charge in [-0.05, 0) is 37.6 Å². The zero-order valence-corrected chi connectivity index (χ0v) is 15.9. The molecule has 0 unspecified atom stereocenters. The highest BCUT2D eigenvalue weighted by Crippen LogP contribution is 2.22. The Morgan fingerprint density at radius 1 is 1.14 bits per heavy atom. The highest BCUT2D eigenvalue weighted by molar-refractivity contribution is 6.05. The van der Waals surface area contributed by atoms with Crippen LogP contribution >= 0.6 is 0 Å². The number of carbonyl (C=O) groups excluding carboxylic acids is 2. The molecule has 3 rings (SSSR count). The van der Waals surface area contributed by atoms with E-state index in [0.29, 0.717) is 29.4 Å². The summed E-state index contributed by atoms with van der Waals surface area (Å²) >= 11 is 0. The van der Waals surface area contributed by atoms with Crippen LogP contribution in [0.1, 0.15) is 33.5 Å². The number of benzene rings is 1. The minimum atomic E-state index is -0.366. The molecular formula is C20H21N5O3. The van der Waals surface area contributed by atoms with Crippen molar-refractivity contribution < 1.29 is 14.3 Å². The standard InChI is InChI=1S/C20H21N5O3/c1-4-28-15-7-8-22-17(10-15)19(26)23-14-6-5-13(2)16(9-14)24-20(27)18-11-21-12-25(18)3/h5-12H,4H2,1-3H3,(H,23,26)(H,24,27). The second kappa shape index (κ2) is 8.34. The molecule has 0 aliphatic carbocycles. The molecule has 2 aromatic heterocycles. The van der Waals surface area contributed by atoms with Crippen LogP contribution in [0.4, 0.5) is 11.4 Å². The van der Waals surface area contributed by atoms with Crippen LogP contribution in [0.15, 0.2) is 49.1 Å². The molecule has 8 heteroatoms. The van der Waals surface area contributed by atoms with Crippen molar-refractivity contribution >= 4 is 23.2 Å². The maximum absolute atomic E-state index is 12.5. The topological polar surface area (TPSA) is 98.1 Å². The van der Waals surface area contributed by atoms with E-state index in [4.69, 9.17) is 4.74 Å². The Kier molecular flexibility index (Phi) is 5.69. The second-order valence-corrected chi connectivity index (χ2v) is 6.14. The van der Waals surface area contributed by atoms with Crippen molar-refractivity contribution in [3.05, 3.63) is 66.0 Å². The Balaban J connectivity index is 1.76. The van der Waals surface area contributed by atoms with Crippen molar-refractivity contribution in [1.82, 2.24) is 14.5 Å². The zero-order chi connectivity index (χ0) is 20.1. The summed E-state index contributed by atoms with van der Waals surface area (Å²) in [6.07, 6.45) is 4.57. The van der Waals surface area contributed by atoms with Crippen molar-refractivity contribution in [2.45, 2.75) is 13.8 Å². The van der Waals surface area contributed by atoms with Gasteiger partial charge in [-0.3, -0.25) is 14.6 Å². The zero-order valence-electron chi connectivity index (χ0n) is 15.9. The number of pyridine rings is 1. The second-order valence-electron chi connectivity index (χ2n) is 6.14. The Labute approximate surface area is 162 Å². The fourth-order valence-electron chi connectivity index (χ4n) is 2.58. The lowest BCUT2D eigenvalue weighted by molar-refractivity contribution is 0.101. The van der Waals surface area contributed by atoms with E-state index in [1.54, 1.807) is 42.2 Å². The minimum absolute atomic E-state index is 0.243. The number of imidazole rings is 1. The molecular weight excluding hydrogens is 358 g/mol. The van der Waals surface area contributed by atoms with E-state index in [-0.39, 0.29) is 17.5 Å². The summed E-state index contributed by atoms with van der Waals surface area (Å²) in [5.74, 6) is -0.0670. The quantitative estimate of drug-likeness (QED) is 0.686. The molecule has 2 N–H and O–H groups in total. The molecule has 0 atom stereocenters. The summed E-state index contributed by atoms with van der Waals surface area (Å²) in [5, 5.41) is 5.63. The maximum Gasteiger partial charge on any atom is 0.274 e. The number of rotatable bonds is 6. The molecule has 0 aliphatic rings. The molecule has 1 aromatic carbocycles. The number of amides is 2. The first kappa shape index (κ1) is 19.1. The van der Waals surface area contributed by atoms with E-state index in [0.717, 1.165) is 5.56 Å². The van der Waals surface area contributed by atoms with E-state index in [2.05, 4.69) is 20.6 Å². The van der Waals surface area contributed by atoms with Gasteiger partial charge in [-0.1, -0.05) is 6.07 Å². The largest absolute Gasteiger partial charge is 0.494 e. The van der Waals surface area contributed by atoms with E-state index >= 15 is 0 Å². The highest BCUT2D eigenvalue weighted by atomic mass is 16.5. The fourth-order valence-corrected chi connectivity index (χ4v) is 2.58. The van der Waals surface area contributed by atoms with Gasteiger partial charge in [0.05, 0.1) is 19.1 Å². The first-order valence-electron chi connectivity index (χ1n) is 8.76. The summed E-state index contributed by atoms with van der Waals surface area (Å²) in [6, 6.07) is 8.56. The van der Waals surface area contributed by atoms with Crippen molar-refractivity contribution in [2.75, 3.05) is 17.2 Å². The normalized spacial score (nSPS) is 10.4. The molecule has 0 saturated carbocycles. The van der Waals surface area contributed by atoms with Crippen LogP contribution in [0.5, 0.6) is 5.75 Å².